The Kier molecular flexibility index (Phi) is 5.83. The third-order valence-electron chi connectivity index (χ3n) is 2.94. The number of ketones is 1. The second-order valence-corrected chi connectivity index (χ2v) is 5.71. The van der Waals surface area contributed by atoms with Crippen LogP contribution in [-0.4, -0.2) is 17.6 Å². The summed E-state index contributed by atoms with van der Waals surface area (Å²) in [5.41, 5.74) is 1.01. The van der Waals surface area contributed by atoms with Gasteiger partial charge in [-0.05, 0) is 30.3 Å². The minimum Gasteiger partial charge on any atom is -0.325 e. The zero-order chi connectivity index (χ0) is 16.1. The monoisotopic (exact) mass is 355 g/mol. The summed E-state index contributed by atoms with van der Waals surface area (Å²) in [6.07, 6.45) is 0.157. The van der Waals surface area contributed by atoms with Crippen LogP contribution in [0.3, 0.4) is 0 Å². The van der Waals surface area contributed by atoms with E-state index in [9.17, 15) is 9.59 Å². The molecule has 0 unspecified atom stereocenters. The van der Waals surface area contributed by atoms with E-state index in [1.54, 1.807) is 36.4 Å². The zero-order valence-electron chi connectivity index (χ0n) is 11.4. The van der Waals surface area contributed by atoms with Crippen LogP contribution < -0.4 is 5.32 Å². The summed E-state index contributed by atoms with van der Waals surface area (Å²) in [5, 5.41) is 3.40. The van der Waals surface area contributed by atoms with Crippen LogP contribution in [0.2, 0.25) is 10.0 Å². The molecule has 0 radical (unpaired) electrons. The fourth-order valence-corrected chi connectivity index (χ4v) is 2.47. The van der Waals surface area contributed by atoms with E-state index in [0.29, 0.717) is 21.3 Å². The highest BCUT2D eigenvalue weighted by Gasteiger charge is 2.18. The molecule has 0 bridgehead atoms. The van der Waals surface area contributed by atoms with Crippen LogP contribution in [0, 0.1) is 0 Å². The molecule has 0 heterocycles. The maximum Gasteiger partial charge on any atom is 0.225 e. The van der Waals surface area contributed by atoms with Gasteiger partial charge in [-0.15, -0.1) is 11.6 Å². The zero-order valence-corrected chi connectivity index (χ0v) is 13.7. The number of benzene rings is 2. The van der Waals surface area contributed by atoms with Crippen LogP contribution in [0.1, 0.15) is 22.3 Å². The van der Waals surface area contributed by atoms with E-state index in [0.717, 1.165) is 0 Å². The van der Waals surface area contributed by atoms with Crippen LogP contribution in [0.5, 0.6) is 0 Å². The molecule has 0 aromatic heterocycles. The third-order valence-corrected chi connectivity index (χ3v) is 3.69. The van der Waals surface area contributed by atoms with E-state index in [1.165, 1.54) is 6.07 Å². The van der Waals surface area contributed by atoms with Crippen molar-refractivity contribution in [1.82, 2.24) is 0 Å². The first-order chi connectivity index (χ1) is 10.5. The average Bonchev–Trinajstić information content (AvgIpc) is 2.49. The molecule has 2 rings (SSSR count). The second-order valence-electron chi connectivity index (χ2n) is 4.49. The van der Waals surface area contributed by atoms with Crippen LogP contribution in [-0.2, 0) is 4.79 Å². The molecule has 0 saturated carbocycles. The largest absolute Gasteiger partial charge is 0.325 e. The summed E-state index contributed by atoms with van der Waals surface area (Å²) in [6, 6.07) is 11.4. The number of hydrogen-bond acceptors (Lipinski definition) is 2. The number of alkyl halides is 1. The van der Waals surface area contributed by atoms with E-state index >= 15 is 0 Å². The first kappa shape index (κ1) is 16.8. The number of amides is 1. The first-order valence-corrected chi connectivity index (χ1v) is 7.76. The van der Waals surface area contributed by atoms with Gasteiger partial charge in [-0.2, -0.15) is 0 Å². The molecule has 0 fully saturated rings. The lowest BCUT2D eigenvalue weighted by Gasteiger charge is -2.11. The summed E-state index contributed by atoms with van der Waals surface area (Å²) in [6.45, 7) is 0. The van der Waals surface area contributed by atoms with Crippen molar-refractivity contribution in [3.8, 4) is 0 Å². The van der Waals surface area contributed by atoms with Gasteiger partial charge in [0, 0.05) is 28.5 Å². The normalized spacial score (nSPS) is 10.3. The lowest BCUT2D eigenvalue weighted by Crippen LogP contribution is -2.15. The van der Waals surface area contributed by atoms with Gasteiger partial charge in [-0.25, -0.2) is 0 Å². The van der Waals surface area contributed by atoms with E-state index in [1.807, 2.05) is 0 Å². The van der Waals surface area contributed by atoms with Gasteiger partial charge in [-0.3, -0.25) is 9.59 Å². The predicted octanol–water partition coefficient (Wildman–Crippen LogP) is 4.79. The molecule has 22 heavy (non-hydrogen) atoms. The molecule has 1 N–H and O–H groups in total. The number of anilines is 1. The number of rotatable bonds is 5. The molecule has 0 spiro atoms. The molecule has 1 amide bonds. The van der Waals surface area contributed by atoms with Crippen molar-refractivity contribution in [2.24, 2.45) is 0 Å². The van der Waals surface area contributed by atoms with Crippen molar-refractivity contribution in [2.45, 2.75) is 6.42 Å². The van der Waals surface area contributed by atoms with Gasteiger partial charge in [0.1, 0.15) is 0 Å². The first-order valence-electron chi connectivity index (χ1n) is 6.47. The van der Waals surface area contributed by atoms with Crippen molar-refractivity contribution in [3.63, 3.8) is 0 Å². The van der Waals surface area contributed by atoms with Gasteiger partial charge >= 0.3 is 0 Å². The van der Waals surface area contributed by atoms with E-state index in [4.69, 9.17) is 34.8 Å². The van der Waals surface area contributed by atoms with Crippen LogP contribution >= 0.6 is 34.8 Å². The molecule has 2 aromatic carbocycles. The number of hydrogen-bond donors (Lipinski definition) is 1. The Hall–Kier alpha value is -1.55. The molecule has 0 saturated heterocycles. The summed E-state index contributed by atoms with van der Waals surface area (Å²) >= 11 is 17.6. The predicted molar refractivity (Wildman–Crippen MR) is 90.3 cm³/mol. The Morgan fingerprint density at radius 2 is 1.73 bits per heavy atom. The van der Waals surface area contributed by atoms with E-state index in [-0.39, 0.29) is 29.6 Å². The summed E-state index contributed by atoms with van der Waals surface area (Å²) in [4.78, 5) is 24.4. The fraction of sp³-hybridized carbons (Fsp3) is 0.125. The number of carbonyl (C=O) groups excluding carboxylic acids is 2. The average molecular weight is 357 g/mol. The summed E-state index contributed by atoms with van der Waals surface area (Å²) in [5.74, 6) is -0.382. The highest BCUT2D eigenvalue weighted by Crippen LogP contribution is 2.26. The van der Waals surface area contributed by atoms with Crippen LogP contribution in [0.4, 0.5) is 5.69 Å². The van der Waals surface area contributed by atoms with Crippen LogP contribution in [0.15, 0.2) is 42.5 Å². The lowest BCUT2D eigenvalue weighted by atomic mass is 10.0. The van der Waals surface area contributed by atoms with Gasteiger partial charge in [0.25, 0.3) is 0 Å². The Balaban J connectivity index is 2.41. The molecular weight excluding hydrogens is 345 g/mol. The van der Waals surface area contributed by atoms with Crippen LogP contribution in [0.25, 0.3) is 0 Å². The minimum absolute atomic E-state index is 0.157. The smallest absolute Gasteiger partial charge is 0.225 e. The van der Waals surface area contributed by atoms with Gasteiger partial charge in [-0.1, -0.05) is 35.3 Å². The van der Waals surface area contributed by atoms with Crippen molar-refractivity contribution in [1.29, 1.82) is 0 Å². The molecule has 6 heteroatoms. The maximum atomic E-state index is 12.7. The Labute approximate surface area is 143 Å². The van der Waals surface area contributed by atoms with Crippen molar-refractivity contribution in [2.75, 3.05) is 11.2 Å². The highest BCUT2D eigenvalue weighted by atomic mass is 35.5. The SMILES string of the molecule is O=C(CCCl)Nc1ccc(Cl)cc1C(=O)c1ccccc1Cl. The van der Waals surface area contributed by atoms with Gasteiger partial charge in [0.15, 0.2) is 5.78 Å². The Morgan fingerprint density at radius 1 is 1.00 bits per heavy atom. The molecule has 0 aliphatic heterocycles. The van der Waals surface area contributed by atoms with Gasteiger partial charge in [0.2, 0.25) is 5.91 Å². The summed E-state index contributed by atoms with van der Waals surface area (Å²) < 4.78 is 0. The molecule has 0 aliphatic rings. The quantitative estimate of drug-likeness (QED) is 0.618. The molecule has 0 atom stereocenters. The molecular formula is C16H12Cl3NO2. The van der Waals surface area contributed by atoms with E-state index < -0.39 is 0 Å². The van der Waals surface area contributed by atoms with Crippen molar-refractivity contribution >= 4 is 52.2 Å². The lowest BCUT2D eigenvalue weighted by molar-refractivity contribution is -0.115. The van der Waals surface area contributed by atoms with Gasteiger partial charge < -0.3 is 5.32 Å². The molecule has 2 aromatic rings. The number of halogens is 3. The van der Waals surface area contributed by atoms with Gasteiger partial charge in [0.05, 0.1) is 10.7 Å². The molecule has 114 valence electrons. The highest BCUT2D eigenvalue weighted by molar-refractivity contribution is 6.36. The standard InChI is InChI=1S/C16H12Cl3NO2/c17-8-7-15(21)20-14-6-5-10(18)9-12(14)16(22)11-3-1-2-4-13(11)19/h1-6,9H,7-8H2,(H,20,21). The number of nitrogens with one attached hydrogen (secondary N) is 1. The Morgan fingerprint density at radius 3 is 2.41 bits per heavy atom. The maximum absolute atomic E-state index is 12.7. The topological polar surface area (TPSA) is 46.2 Å². The summed E-state index contributed by atoms with van der Waals surface area (Å²) in [7, 11) is 0. The minimum atomic E-state index is -0.311. The van der Waals surface area contributed by atoms with E-state index in [2.05, 4.69) is 5.32 Å². The van der Waals surface area contributed by atoms with Crippen molar-refractivity contribution in [3.05, 3.63) is 63.6 Å². The fourth-order valence-electron chi connectivity index (χ4n) is 1.90. The second kappa shape index (κ2) is 7.63. The van der Waals surface area contributed by atoms with Crippen molar-refractivity contribution < 1.29 is 9.59 Å². The third kappa shape index (κ3) is 4.01. The molecule has 0 aliphatic carbocycles. The molecule has 3 nitrogen and oxygen atoms in total. The number of carbonyl (C=O) groups is 2. The Bertz CT molecular complexity index is 716.